The number of amides is 1. The lowest BCUT2D eigenvalue weighted by atomic mass is 10.2. The molecule has 7 heteroatoms. The van der Waals surface area contributed by atoms with Gasteiger partial charge >= 0.3 is 0 Å². The van der Waals surface area contributed by atoms with Crippen LogP contribution in [-0.2, 0) is 4.79 Å². The van der Waals surface area contributed by atoms with Crippen LogP contribution in [0.1, 0.15) is 11.1 Å². The van der Waals surface area contributed by atoms with Gasteiger partial charge < -0.3 is 9.64 Å². The standard InChI is InChI=1S/C21H24ClN3O2S/c1-14-7-5-6-8-17(14)27-13-18(26)25(12-11-24(3)4)21-23-19-15(2)9-10-16(22)20(19)28-21/h5-10H,11-13H2,1-4H3. The van der Waals surface area contributed by atoms with Crippen LogP contribution in [0.3, 0.4) is 0 Å². The van der Waals surface area contributed by atoms with Crippen LogP contribution in [0.2, 0.25) is 5.02 Å². The Bertz CT molecular complexity index is 948. The average Bonchev–Trinajstić information content (AvgIpc) is 3.10. The molecule has 1 aromatic heterocycles. The zero-order chi connectivity index (χ0) is 20.3. The van der Waals surface area contributed by atoms with Gasteiger partial charge in [-0.25, -0.2) is 4.98 Å². The molecule has 3 aromatic rings. The number of rotatable bonds is 7. The SMILES string of the molecule is Cc1ccccc1OCC(=O)N(CCN(C)C)c1nc2c(C)ccc(Cl)c2s1. The van der Waals surface area contributed by atoms with Crippen LogP contribution in [0.4, 0.5) is 5.13 Å². The topological polar surface area (TPSA) is 45.7 Å². The van der Waals surface area contributed by atoms with E-state index in [0.717, 1.165) is 27.9 Å². The van der Waals surface area contributed by atoms with Crippen molar-refractivity contribution >= 4 is 44.2 Å². The number of aryl methyl sites for hydroxylation is 2. The van der Waals surface area contributed by atoms with Gasteiger partial charge in [-0.2, -0.15) is 0 Å². The summed E-state index contributed by atoms with van der Waals surface area (Å²) in [6.07, 6.45) is 0. The quantitative estimate of drug-likeness (QED) is 0.566. The van der Waals surface area contributed by atoms with Gasteiger partial charge in [0.15, 0.2) is 11.7 Å². The van der Waals surface area contributed by atoms with Crippen LogP contribution >= 0.6 is 22.9 Å². The zero-order valence-corrected chi connectivity index (χ0v) is 18.1. The molecule has 3 rings (SSSR count). The second-order valence-electron chi connectivity index (χ2n) is 6.94. The molecule has 0 radical (unpaired) electrons. The Morgan fingerprint density at radius 2 is 1.86 bits per heavy atom. The van der Waals surface area contributed by atoms with Crippen molar-refractivity contribution in [2.45, 2.75) is 13.8 Å². The van der Waals surface area contributed by atoms with E-state index >= 15 is 0 Å². The van der Waals surface area contributed by atoms with E-state index in [1.54, 1.807) is 4.90 Å². The fourth-order valence-electron chi connectivity index (χ4n) is 2.77. The van der Waals surface area contributed by atoms with Crippen molar-refractivity contribution in [1.29, 1.82) is 0 Å². The second kappa shape index (κ2) is 8.90. The Balaban J connectivity index is 1.86. The van der Waals surface area contributed by atoms with Crippen LogP contribution < -0.4 is 9.64 Å². The van der Waals surface area contributed by atoms with E-state index in [1.807, 2.05) is 69.2 Å². The normalized spacial score (nSPS) is 11.2. The zero-order valence-electron chi connectivity index (χ0n) is 16.5. The maximum Gasteiger partial charge on any atom is 0.266 e. The van der Waals surface area contributed by atoms with E-state index in [4.69, 9.17) is 21.3 Å². The molecule has 0 saturated heterocycles. The highest BCUT2D eigenvalue weighted by atomic mass is 35.5. The van der Waals surface area contributed by atoms with E-state index in [1.165, 1.54) is 11.3 Å². The van der Waals surface area contributed by atoms with Gasteiger partial charge in [0.05, 0.1) is 15.2 Å². The highest BCUT2D eigenvalue weighted by molar-refractivity contribution is 7.23. The molecular weight excluding hydrogens is 394 g/mol. The van der Waals surface area contributed by atoms with Crippen LogP contribution in [0.25, 0.3) is 10.2 Å². The molecule has 0 aliphatic rings. The highest BCUT2D eigenvalue weighted by Gasteiger charge is 2.22. The number of benzene rings is 2. The molecule has 0 saturated carbocycles. The van der Waals surface area contributed by atoms with Gasteiger partial charge in [0.25, 0.3) is 5.91 Å². The van der Waals surface area contributed by atoms with Crippen LogP contribution in [0.15, 0.2) is 36.4 Å². The smallest absolute Gasteiger partial charge is 0.266 e. The molecule has 0 fully saturated rings. The number of nitrogens with zero attached hydrogens (tertiary/aromatic N) is 3. The summed E-state index contributed by atoms with van der Waals surface area (Å²) in [6.45, 7) is 5.16. The molecule has 1 heterocycles. The second-order valence-corrected chi connectivity index (χ2v) is 8.33. The summed E-state index contributed by atoms with van der Waals surface area (Å²) in [6, 6.07) is 11.5. The van der Waals surface area contributed by atoms with Crippen LogP contribution in [0.5, 0.6) is 5.75 Å². The van der Waals surface area contributed by atoms with Gasteiger partial charge in [0.1, 0.15) is 5.75 Å². The summed E-state index contributed by atoms with van der Waals surface area (Å²) in [5.41, 5.74) is 2.88. The first-order chi connectivity index (χ1) is 13.4. The molecule has 0 N–H and O–H groups in total. The third-order valence-corrected chi connectivity index (χ3v) is 5.97. The molecule has 0 spiro atoms. The van der Waals surface area contributed by atoms with Crippen LogP contribution in [-0.4, -0.2) is 49.6 Å². The number of ether oxygens (including phenoxy) is 1. The number of likely N-dealkylation sites (N-methyl/N-ethyl adjacent to an activating group) is 1. The number of hydrogen-bond donors (Lipinski definition) is 0. The van der Waals surface area contributed by atoms with Crippen LogP contribution in [0, 0.1) is 13.8 Å². The number of hydrogen-bond acceptors (Lipinski definition) is 5. The van der Waals surface area contributed by atoms with Crippen molar-refractivity contribution in [3.63, 3.8) is 0 Å². The molecule has 1 amide bonds. The lowest BCUT2D eigenvalue weighted by Crippen LogP contribution is -2.39. The summed E-state index contributed by atoms with van der Waals surface area (Å²) >= 11 is 7.79. The summed E-state index contributed by atoms with van der Waals surface area (Å²) in [7, 11) is 3.96. The van der Waals surface area contributed by atoms with Gasteiger partial charge in [-0.3, -0.25) is 9.69 Å². The molecule has 0 atom stereocenters. The Hall–Kier alpha value is -2.15. The lowest BCUT2D eigenvalue weighted by molar-refractivity contribution is -0.120. The minimum Gasteiger partial charge on any atom is -0.483 e. The first-order valence-electron chi connectivity index (χ1n) is 9.06. The number of thiazole rings is 1. The summed E-state index contributed by atoms with van der Waals surface area (Å²) in [5, 5.41) is 1.30. The van der Waals surface area contributed by atoms with Crippen molar-refractivity contribution in [1.82, 2.24) is 9.88 Å². The maximum atomic E-state index is 13.0. The molecule has 0 aliphatic carbocycles. The Morgan fingerprint density at radius 3 is 2.54 bits per heavy atom. The number of aromatic nitrogens is 1. The molecule has 2 aromatic carbocycles. The van der Waals surface area contributed by atoms with E-state index < -0.39 is 0 Å². The first-order valence-corrected chi connectivity index (χ1v) is 10.3. The van der Waals surface area contributed by atoms with Crippen molar-refractivity contribution in [3.8, 4) is 5.75 Å². The van der Waals surface area contributed by atoms with Gasteiger partial charge in [0, 0.05) is 13.1 Å². The number of carbonyl (C=O) groups excluding carboxylic acids is 1. The molecule has 148 valence electrons. The number of para-hydroxylation sites is 1. The Kier molecular flexibility index (Phi) is 6.54. The molecule has 0 aliphatic heterocycles. The maximum absolute atomic E-state index is 13.0. The van der Waals surface area contributed by atoms with E-state index in [-0.39, 0.29) is 12.5 Å². The van der Waals surface area contributed by atoms with Gasteiger partial charge in [-0.05, 0) is 51.2 Å². The number of anilines is 1. The van der Waals surface area contributed by atoms with E-state index in [9.17, 15) is 4.79 Å². The largest absolute Gasteiger partial charge is 0.483 e. The molecule has 28 heavy (non-hydrogen) atoms. The van der Waals surface area contributed by atoms with Gasteiger partial charge in [0.2, 0.25) is 0 Å². The Labute approximate surface area is 174 Å². The number of carbonyl (C=O) groups is 1. The minimum absolute atomic E-state index is 0.0408. The minimum atomic E-state index is -0.127. The monoisotopic (exact) mass is 417 g/mol. The predicted molar refractivity (Wildman–Crippen MR) is 117 cm³/mol. The Morgan fingerprint density at radius 1 is 1.11 bits per heavy atom. The molecule has 0 unspecified atom stereocenters. The van der Waals surface area contributed by atoms with E-state index in [2.05, 4.69) is 0 Å². The average molecular weight is 418 g/mol. The highest BCUT2D eigenvalue weighted by Crippen LogP contribution is 2.35. The number of halogens is 1. The van der Waals surface area contributed by atoms with Crippen molar-refractivity contribution in [3.05, 3.63) is 52.5 Å². The van der Waals surface area contributed by atoms with E-state index in [0.29, 0.717) is 22.4 Å². The lowest BCUT2D eigenvalue weighted by Gasteiger charge is -2.22. The van der Waals surface area contributed by atoms with Crippen molar-refractivity contribution in [2.75, 3.05) is 38.7 Å². The summed E-state index contributed by atoms with van der Waals surface area (Å²) in [4.78, 5) is 21.4. The fourth-order valence-corrected chi connectivity index (χ4v) is 4.13. The first kappa shape index (κ1) is 20.6. The summed E-state index contributed by atoms with van der Waals surface area (Å²) in [5.74, 6) is 0.588. The third-order valence-electron chi connectivity index (χ3n) is 4.43. The third kappa shape index (κ3) is 4.63. The van der Waals surface area contributed by atoms with Crippen molar-refractivity contribution < 1.29 is 9.53 Å². The number of fused-ring (bicyclic) bond motifs is 1. The van der Waals surface area contributed by atoms with Crippen molar-refractivity contribution in [2.24, 2.45) is 0 Å². The molecule has 0 bridgehead atoms. The van der Waals surface area contributed by atoms with Gasteiger partial charge in [-0.15, -0.1) is 0 Å². The predicted octanol–water partition coefficient (Wildman–Crippen LogP) is 4.54. The fraction of sp³-hybridized carbons (Fsp3) is 0.333. The summed E-state index contributed by atoms with van der Waals surface area (Å²) < 4.78 is 6.68. The van der Waals surface area contributed by atoms with Gasteiger partial charge in [-0.1, -0.05) is 47.2 Å². The molecular formula is C21H24ClN3O2S. The molecule has 5 nitrogen and oxygen atoms in total.